The van der Waals surface area contributed by atoms with E-state index in [4.69, 9.17) is 0 Å². The highest BCUT2D eigenvalue weighted by Crippen LogP contribution is 2.18. The first-order valence-corrected chi connectivity index (χ1v) is 8.04. The van der Waals surface area contributed by atoms with Gasteiger partial charge < -0.3 is 10.2 Å². The summed E-state index contributed by atoms with van der Waals surface area (Å²) in [5.41, 5.74) is 1.65. The molecule has 1 saturated heterocycles. The van der Waals surface area contributed by atoms with Gasteiger partial charge in [-0.05, 0) is 44.8 Å². The summed E-state index contributed by atoms with van der Waals surface area (Å²) in [4.78, 5) is 6.49. The second-order valence-corrected chi connectivity index (χ2v) is 7.23. The third kappa shape index (κ3) is 4.02. The monoisotopic (exact) mass is 281 g/mol. The van der Waals surface area contributed by atoms with Crippen LogP contribution >= 0.6 is 11.3 Å². The highest BCUT2D eigenvalue weighted by Gasteiger charge is 2.28. The Labute approximate surface area is 121 Å². The molecule has 1 fully saturated rings. The van der Waals surface area contributed by atoms with Crippen molar-refractivity contribution in [3.05, 3.63) is 21.9 Å². The van der Waals surface area contributed by atoms with E-state index in [0.29, 0.717) is 0 Å². The van der Waals surface area contributed by atoms with Crippen molar-refractivity contribution in [1.29, 1.82) is 0 Å². The lowest BCUT2D eigenvalue weighted by molar-refractivity contribution is 0.0618. The van der Waals surface area contributed by atoms with Gasteiger partial charge >= 0.3 is 0 Å². The minimum Gasteiger partial charge on any atom is -0.310 e. The molecule has 0 aromatic carbocycles. The number of nitrogens with one attached hydrogen (secondary N) is 1. The summed E-state index contributed by atoms with van der Waals surface area (Å²) in [7, 11) is 2.21. The van der Waals surface area contributed by atoms with Crippen molar-refractivity contribution in [3.8, 4) is 0 Å². The number of rotatable bonds is 5. The van der Waals surface area contributed by atoms with Crippen LogP contribution in [-0.4, -0.2) is 55.1 Å². The second kappa shape index (κ2) is 6.35. The molecule has 19 heavy (non-hydrogen) atoms. The van der Waals surface area contributed by atoms with Gasteiger partial charge in [-0.15, -0.1) is 11.3 Å². The summed E-state index contributed by atoms with van der Waals surface area (Å²) in [5.74, 6) is 0. The van der Waals surface area contributed by atoms with E-state index >= 15 is 0 Å². The highest BCUT2D eigenvalue weighted by atomic mass is 32.1. The van der Waals surface area contributed by atoms with Crippen molar-refractivity contribution in [2.24, 2.45) is 0 Å². The SMILES string of the molecule is Cc1ccsc1CNCC(C)(C)N1CCN(C)CC1. The number of likely N-dealkylation sites (N-methyl/N-ethyl adjacent to an activating group) is 1. The van der Waals surface area contributed by atoms with Crippen LogP contribution in [0.2, 0.25) is 0 Å². The van der Waals surface area contributed by atoms with Gasteiger partial charge in [-0.1, -0.05) is 0 Å². The van der Waals surface area contributed by atoms with Crippen LogP contribution in [0, 0.1) is 6.92 Å². The number of piperazine rings is 1. The fraction of sp³-hybridized carbons (Fsp3) is 0.733. The van der Waals surface area contributed by atoms with Crippen molar-refractivity contribution in [3.63, 3.8) is 0 Å². The Hall–Kier alpha value is -0.420. The molecule has 1 aliphatic rings. The molecule has 0 radical (unpaired) electrons. The predicted molar refractivity (Wildman–Crippen MR) is 83.9 cm³/mol. The zero-order valence-electron chi connectivity index (χ0n) is 12.7. The van der Waals surface area contributed by atoms with Crippen LogP contribution in [0.5, 0.6) is 0 Å². The Kier molecular flexibility index (Phi) is 5.01. The van der Waals surface area contributed by atoms with Gasteiger partial charge in [-0.2, -0.15) is 0 Å². The molecule has 0 spiro atoms. The molecule has 0 unspecified atom stereocenters. The fourth-order valence-electron chi connectivity index (χ4n) is 2.59. The Morgan fingerprint density at radius 1 is 1.26 bits per heavy atom. The van der Waals surface area contributed by atoms with E-state index < -0.39 is 0 Å². The summed E-state index contributed by atoms with van der Waals surface area (Å²) in [5, 5.41) is 5.81. The Morgan fingerprint density at radius 2 is 1.95 bits per heavy atom. The van der Waals surface area contributed by atoms with E-state index in [1.54, 1.807) is 0 Å². The molecule has 0 aliphatic carbocycles. The lowest BCUT2D eigenvalue weighted by atomic mass is 10.0. The molecule has 2 heterocycles. The minimum atomic E-state index is 0.242. The van der Waals surface area contributed by atoms with Gasteiger partial charge in [0, 0.05) is 49.7 Å². The molecule has 1 N–H and O–H groups in total. The maximum Gasteiger partial charge on any atom is 0.0303 e. The van der Waals surface area contributed by atoms with Crippen LogP contribution in [0.15, 0.2) is 11.4 Å². The Bertz CT molecular complexity index is 392. The zero-order chi connectivity index (χ0) is 13.9. The molecular weight excluding hydrogens is 254 g/mol. The van der Waals surface area contributed by atoms with Crippen LogP contribution < -0.4 is 5.32 Å². The predicted octanol–water partition coefficient (Wildman–Crippen LogP) is 2.17. The topological polar surface area (TPSA) is 18.5 Å². The lowest BCUT2D eigenvalue weighted by Crippen LogP contribution is -2.57. The maximum atomic E-state index is 3.63. The highest BCUT2D eigenvalue weighted by molar-refractivity contribution is 7.10. The number of hydrogen-bond donors (Lipinski definition) is 1. The van der Waals surface area contributed by atoms with Crippen LogP contribution in [-0.2, 0) is 6.54 Å². The molecule has 4 heteroatoms. The molecule has 3 nitrogen and oxygen atoms in total. The smallest absolute Gasteiger partial charge is 0.0303 e. The quantitative estimate of drug-likeness (QED) is 0.892. The van der Waals surface area contributed by atoms with E-state index in [9.17, 15) is 0 Å². The van der Waals surface area contributed by atoms with Crippen molar-refractivity contribution in [1.82, 2.24) is 15.1 Å². The average Bonchev–Trinajstić information content (AvgIpc) is 2.75. The lowest BCUT2D eigenvalue weighted by Gasteiger charge is -2.43. The van der Waals surface area contributed by atoms with Gasteiger partial charge in [0.1, 0.15) is 0 Å². The summed E-state index contributed by atoms with van der Waals surface area (Å²) < 4.78 is 0. The largest absolute Gasteiger partial charge is 0.310 e. The summed E-state index contributed by atoms with van der Waals surface area (Å²) in [6.45, 7) is 13.7. The number of nitrogens with zero attached hydrogens (tertiary/aromatic N) is 2. The minimum absolute atomic E-state index is 0.242. The molecular formula is C15H27N3S. The van der Waals surface area contributed by atoms with Gasteiger partial charge in [0.15, 0.2) is 0 Å². The molecule has 0 bridgehead atoms. The molecule has 108 valence electrons. The normalized spacial score (nSPS) is 18.9. The van der Waals surface area contributed by atoms with Crippen LogP contribution in [0.4, 0.5) is 0 Å². The van der Waals surface area contributed by atoms with Crippen molar-refractivity contribution in [2.75, 3.05) is 39.8 Å². The zero-order valence-corrected chi connectivity index (χ0v) is 13.5. The van der Waals surface area contributed by atoms with Crippen LogP contribution in [0.3, 0.4) is 0 Å². The molecule has 0 amide bonds. The second-order valence-electron chi connectivity index (χ2n) is 6.23. The molecule has 1 aromatic heterocycles. The van der Waals surface area contributed by atoms with Gasteiger partial charge in [0.25, 0.3) is 0 Å². The van der Waals surface area contributed by atoms with Crippen LogP contribution in [0.1, 0.15) is 24.3 Å². The van der Waals surface area contributed by atoms with E-state index in [-0.39, 0.29) is 5.54 Å². The van der Waals surface area contributed by atoms with Crippen molar-refractivity contribution >= 4 is 11.3 Å². The van der Waals surface area contributed by atoms with E-state index in [1.165, 1.54) is 36.6 Å². The van der Waals surface area contributed by atoms with Gasteiger partial charge in [-0.25, -0.2) is 0 Å². The molecule has 1 aromatic rings. The molecule has 1 aliphatic heterocycles. The van der Waals surface area contributed by atoms with E-state index in [1.807, 2.05) is 11.3 Å². The van der Waals surface area contributed by atoms with E-state index in [0.717, 1.165) is 13.1 Å². The van der Waals surface area contributed by atoms with Crippen molar-refractivity contribution < 1.29 is 0 Å². The third-order valence-corrected chi connectivity index (χ3v) is 5.19. The molecule has 0 saturated carbocycles. The van der Waals surface area contributed by atoms with Crippen LogP contribution in [0.25, 0.3) is 0 Å². The maximum absolute atomic E-state index is 3.63. The molecule has 0 atom stereocenters. The van der Waals surface area contributed by atoms with Gasteiger partial charge in [0.05, 0.1) is 0 Å². The summed E-state index contributed by atoms with van der Waals surface area (Å²) in [6, 6.07) is 2.20. The van der Waals surface area contributed by atoms with Gasteiger partial charge in [0.2, 0.25) is 0 Å². The number of aryl methyl sites for hydroxylation is 1. The Balaban J connectivity index is 1.79. The standard InChI is InChI=1S/C15H27N3S/c1-13-5-10-19-14(13)11-16-12-15(2,3)18-8-6-17(4)7-9-18/h5,10,16H,6-9,11-12H2,1-4H3. The van der Waals surface area contributed by atoms with Crippen molar-refractivity contribution in [2.45, 2.75) is 32.9 Å². The third-order valence-electron chi connectivity index (χ3n) is 4.17. The first kappa shape index (κ1) is 15.0. The number of thiophene rings is 1. The summed E-state index contributed by atoms with van der Waals surface area (Å²) >= 11 is 1.85. The first-order valence-electron chi connectivity index (χ1n) is 7.16. The van der Waals surface area contributed by atoms with Gasteiger partial charge in [-0.3, -0.25) is 4.90 Å². The fourth-order valence-corrected chi connectivity index (χ4v) is 3.47. The molecule has 2 rings (SSSR count). The number of hydrogen-bond acceptors (Lipinski definition) is 4. The van der Waals surface area contributed by atoms with E-state index in [2.05, 4.69) is 54.4 Å². The first-order chi connectivity index (χ1) is 8.99. The Morgan fingerprint density at radius 3 is 2.53 bits per heavy atom. The average molecular weight is 281 g/mol. The summed E-state index contributed by atoms with van der Waals surface area (Å²) in [6.07, 6.45) is 0.